The van der Waals surface area contributed by atoms with Gasteiger partial charge in [-0.25, -0.2) is 9.59 Å². The molecule has 1 atom stereocenters. The lowest BCUT2D eigenvalue weighted by atomic mass is 9.96. The number of carbonyl (C=O) groups is 3. The first-order valence-electron chi connectivity index (χ1n) is 9.86. The zero-order valence-electron chi connectivity index (χ0n) is 17.5. The predicted octanol–water partition coefficient (Wildman–Crippen LogP) is 3.54. The van der Waals surface area contributed by atoms with E-state index in [4.69, 9.17) is 4.74 Å². The van der Waals surface area contributed by atoms with E-state index in [0.717, 1.165) is 21.6 Å². The van der Waals surface area contributed by atoms with Crippen LogP contribution in [0.3, 0.4) is 0 Å². The number of nitrogens with zero attached hydrogens (tertiary/aromatic N) is 1. The molecular weight excluding hydrogens is 414 g/mol. The van der Waals surface area contributed by atoms with Gasteiger partial charge in [-0.3, -0.25) is 9.69 Å². The molecule has 2 aromatic rings. The Morgan fingerprint density at radius 1 is 1.19 bits per heavy atom. The number of benzene rings is 2. The molecule has 8 heteroatoms. The van der Waals surface area contributed by atoms with Crippen LogP contribution in [0.15, 0.2) is 58.6 Å². The minimum absolute atomic E-state index is 0.0299. The summed E-state index contributed by atoms with van der Waals surface area (Å²) in [6.45, 7) is 3.64. The molecule has 2 heterocycles. The number of carbonyl (C=O) groups excluding carboxylic acids is 3. The Balaban J connectivity index is 1.58. The summed E-state index contributed by atoms with van der Waals surface area (Å²) in [4.78, 5) is 40.4. The molecule has 0 fully saturated rings. The SMILES string of the molecule is CSc1ccc(C2NC(=O)N(CC(=O)Nc3ccc(C)cc3C)C3=C2C(=O)OC3)cc1. The van der Waals surface area contributed by atoms with E-state index in [-0.39, 0.29) is 19.1 Å². The molecule has 2 aliphatic rings. The normalized spacial score (nSPS) is 17.9. The van der Waals surface area contributed by atoms with Crippen LogP contribution in [-0.2, 0) is 14.3 Å². The maximum absolute atomic E-state index is 12.9. The third kappa shape index (κ3) is 4.16. The number of esters is 1. The van der Waals surface area contributed by atoms with Crippen LogP contribution in [0.25, 0.3) is 0 Å². The Morgan fingerprint density at radius 3 is 2.61 bits per heavy atom. The zero-order valence-corrected chi connectivity index (χ0v) is 18.3. The molecule has 2 N–H and O–H groups in total. The molecule has 0 aromatic heterocycles. The van der Waals surface area contributed by atoms with Crippen molar-refractivity contribution in [2.75, 3.05) is 24.7 Å². The van der Waals surface area contributed by atoms with Gasteiger partial charge >= 0.3 is 12.0 Å². The van der Waals surface area contributed by atoms with E-state index in [1.165, 1.54) is 4.90 Å². The van der Waals surface area contributed by atoms with Gasteiger partial charge in [0.05, 0.1) is 17.3 Å². The van der Waals surface area contributed by atoms with E-state index >= 15 is 0 Å². The molecule has 7 nitrogen and oxygen atoms in total. The highest BCUT2D eigenvalue weighted by atomic mass is 32.2. The molecular formula is C23H23N3O4S. The number of aryl methyl sites for hydroxylation is 2. The predicted molar refractivity (Wildman–Crippen MR) is 119 cm³/mol. The number of rotatable bonds is 5. The van der Waals surface area contributed by atoms with E-state index in [2.05, 4.69) is 10.6 Å². The molecule has 0 aliphatic carbocycles. The van der Waals surface area contributed by atoms with Crippen molar-refractivity contribution in [2.24, 2.45) is 0 Å². The lowest BCUT2D eigenvalue weighted by Crippen LogP contribution is -2.49. The zero-order chi connectivity index (χ0) is 22.1. The summed E-state index contributed by atoms with van der Waals surface area (Å²) in [7, 11) is 0. The Labute approximate surface area is 184 Å². The summed E-state index contributed by atoms with van der Waals surface area (Å²) >= 11 is 1.61. The fourth-order valence-electron chi connectivity index (χ4n) is 3.81. The topological polar surface area (TPSA) is 87.7 Å². The monoisotopic (exact) mass is 437 g/mol. The lowest BCUT2D eigenvalue weighted by molar-refractivity contribution is -0.136. The van der Waals surface area contributed by atoms with Crippen molar-refractivity contribution in [1.29, 1.82) is 0 Å². The molecule has 0 saturated carbocycles. The van der Waals surface area contributed by atoms with Gasteiger partial charge in [-0.1, -0.05) is 29.8 Å². The van der Waals surface area contributed by atoms with E-state index in [1.807, 2.05) is 62.6 Å². The van der Waals surface area contributed by atoms with Crippen molar-refractivity contribution >= 4 is 35.4 Å². The molecule has 31 heavy (non-hydrogen) atoms. The number of amides is 3. The standard InChI is InChI=1S/C23H23N3O4S/c1-13-4-9-17(14(2)10-13)24-19(27)11-26-18-12-30-22(28)20(18)21(25-23(26)29)15-5-7-16(31-3)8-6-15/h4-10,21H,11-12H2,1-3H3,(H,24,27)(H,25,29). The number of nitrogens with one attached hydrogen (secondary N) is 2. The van der Waals surface area contributed by atoms with Crippen LogP contribution in [-0.4, -0.2) is 42.2 Å². The summed E-state index contributed by atoms with van der Waals surface area (Å²) in [6, 6.07) is 12.3. The Morgan fingerprint density at radius 2 is 1.94 bits per heavy atom. The van der Waals surface area contributed by atoms with Gasteiger partial charge in [0.15, 0.2) is 0 Å². The summed E-state index contributed by atoms with van der Waals surface area (Å²) in [5, 5.41) is 5.69. The minimum atomic E-state index is -0.605. The fraction of sp³-hybridized carbons (Fsp3) is 0.261. The second-order valence-corrected chi connectivity index (χ2v) is 8.42. The number of ether oxygens (including phenoxy) is 1. The third-order valence-electron chi connectivity index (χ3n) is 5.41. The number of cyclic esters (lactones) is 1. The second-order valence-electron chi connectivity index (χ2n) is 7.54. The van der Waals surface area contributed by atoms with Gasteiger partial charge in [0.2, 0.25) is 5.91 Å². The molecule has 3 amide bonds. The van der Waals surface area contributed by atoms with E-state index < -0.39 is 18.0 Å². The minimum Gasteiger partial charge on any atom is -0.456 e. The summed E-state index contributed by atoms with van der Waals surface area (Å²) in [6.07, 6.45) is 1.98. The van der Waals surface area contributed by atoms with Crippen molar-refractivity contribution in [3.8, 4) is 0 Å². The van der Waals surface area contributed by atoms with E-state index in [9.17, 15) is 14.4 Å². The van der Waals surface area contributed by atoms with Crippen LogP contribution in [0, 0.1) is 13.8 Å². The summed E-state index contributed by atoms with van der Waals surface area (Å²) < 4.78 is 5.22. The van der Waals surface area contributed by atoms with Crippen molar-refractivity contribution in [3.05, 3.63) is 70.4 Å². The van der Waals surface area contributed by atoms with Gasteiger partial charge in [-0.2, -0.15) is 0 Å². The van der Waals surface area contributed by atoms with Crippen LogP contribution in [0.4, 0.5) is 10.5 Å². The molecule has 0 saturated heterocycles. The molecule has 2 aromatic carbocycles. The van der Waals surface area contributed by atoms with Crippen LogP contribution in [0.5, 0.6) is 0 Å². The highest BCUT2D eigenvalue weighted by Gasteiger charge is 2.42. The van der Waals surface area contributed by atoms with Gasteiger partial charge in [-0.05, 0) is 49.4 Å². The largest absolute Gasteiger partial charge is 0.456 e. The summed E-state index contributed by atoms with van der Waals surface area (Å²) in [5.74, 6) is -0.829. The smallest absolute Gasteiger partial charge is 0.338 e. The highest BCUT2D eigenvalue weighted by Crippen LogP contribution is 2.35. The number of urea groups is 1. The molecule has 0 spiro atoms. The van der Waals surface area contributed by atoms with Crippen molar-refractivity contribution in [3.63, 3.8) is 0 Å². The molecule has 0 bridgehead atoms. The van der Waals surface area contributed by atoms with Gasteiger partial charge in [-0.15, -0.1) is 11.8 Å². The molecule has 2 aliphatic heterocycles. The molecule has 4 rings (SSSR count). The highest BCUT2D eigenvalue weighted by molar-refractivity contribution is 7.98. The van der Waals surface area contributed by atoms with Gasteiger partial charge < -0.3 is 15.4 Å². The number of hydrogen-bond donors (Lipinski definition) is 2. The van der Waals surface area contributed by atoms with Crippen molar-refractivity contribution in [2.45, 2.75) is 24.8 Å². The average molecular weight is 438 g/mol. The first-order valence-corrected chi connectivity index (χ1v) is 11.1. The number of anilines is 1. The Bertz CT molecular complexity index is 1090. The first kappa shape index (κ1) is 21.0. The van der Waals surface area contributed by atoms with E-state index in [1.54, 1.807) is 11.8 Å². The maximum Gasteiger partial charge on any atom is 0.338 e. The molecule has 160 valence electrons. The van der Waals surface area contributed by atoms with Gasteiger partial charge in [0.1, 0.15) is 13.2 Å². The average Bonchev–Trinajstić information content (AvgIpc) is 3.13. The quantitative estimate of drug-likeness (QED) is 0.552. The third-order valence-corrected chi connectivity index (χ3v) is 6.15. The summed E-state index contributed by atoms with van der Waals surface area (Å²) in [5.41, 5.74) is 4.31. The number of hydrogen-bond acceptors (Lipinski definition) is 5. The van der Waals surface area contributed by atoms with Crippen LogP contribution >= 0.6 is 11.8 Å². The first-order chi connectivity index (χ1) is 14.9. The van der Waals surface area contributed by atoms with Gasteiger partial charge in [0, 0.05) is 10.6 Å². The van der Waals surface area contributed by atoms with E-state index in [0.29, 0.717) is 17.0 Å². The maximum atomic E-state index is 12.9. The van der Waals surface area contributed by atoms with Crippen LogP contribution in [0.1, 0.15) is 22.7 Å². The second kappa shape index (κ2) is 8.47. The Kier molecular flexibility index (Phi) is 5.73. The van der Waals surface area contributed by atoms with Crippen LogP contribution < -0.4 is 10.6 Å². The van der Waals surface area contributed by atoms with Gasteiger partial charge in [0.25, 0.3) is 0 Å². The van der Waals surface area contributed by atoms with Crippen LogP contribution in [0.2, 0.25) is 0 Å². The molecule has 0 radical (unpaired) electrons. The number of thioether (sulfide) groups is 1. The fourth-order valence-corrected chi connectivity index (χ4v) is 4.22. The Hall–Kier alpha value is -3.26. The molecule has 1 unspecified atom stereocenters. The van der Waals surface area contributed by atoms with Crippen molar-refractivity contribution < 1.29 is 19.1 Å². The van der Waals surface area contributed by atoms with Crippen molar-refractivity contribution in [1.82, 2.24) is 10.2 Å². The lowest BCUT2D eigenvalue weighted by Gasteiger charge is -2.32.